The molecule has 1 saturated carbocycles. The number of unbranched alkanes of at least 4 members (excludes halogenated alkanes) is 4. The van der Waals surface area contributed by atoms with Crippen molar-refractivity contribution in [1.29, 1.82) is 0 Å². The van der Waals surface area contributed by atoms with Crippen LogP contribution in [0.4, 0.5) is 10.5 Å². The van der Waals surface area contributed by atoms with Gasteiger partial charge in [-0.2, -0.15) is 0 Å². The lowest BCUT2D eigenvalue weighted by molar-refractivity contribution is 0.191. The van der Waals surface area contributed by atoms with E-state index in [1.54, 1.807) is 0 Å². The first-order valence-corrected chi connectivity index (χ1v) is 15.9. The van der Waals surface area contributed by atoms with E-state index in [1.807, 2.05) is 11.3 Å². The Kier molecular flexibility index (Phi) is 9.92. The second-order valence-electron chi connectivity index (χ2n) is 12.0. The number of carbonyl (C=O) groups excluding carboxylic acids is 1. The number of nitrogens with one attached hydrogen (secondary N) is 1. The van der Waals surface area contributed by atoms with E-state index >= 15 is 0 Å². The quantitative estimate of drug-likeness (QED) is 0.231. The SMILES string of the molecule is CCCCCCCN(CC1(c2csc3ccccc23)CCCC1)C(=O)Nc1c(C(C)C)cccc1C(C)C. The van der Waals surface area contributed by atoms with Crippen LogP contribution in [0.1, 0.15) is 121 Å². The number of anilines is 1. The molecule has 0 saturated heterocycles. The number of fused-ring (bicyclic) bond motifs is 1. The first kappa shape index (κ1) is 28.7. The Bertz CT molecular complexity index is 1160. The van der Waals surface area contributed by atoms with E-state index in [2.05, 4.69) is 92.7 Å². The molecule has 1 aromatic heterocycles. The zero-order valence-electron chi connectivity index (χ0n) is 24.3. The van der Waals surface area contributed by atoms with E-state index in [0.29, 0.717) is 11.8 Å². The van der Waals surface area contributed by atoms with Crippen molar-refractivity contribution in [2.45, 2.75) is 110 Å². The molecule has 1 aliphatic carbocycles. The van der Waals surface area contributed by atoms with Crippen LogP contribution < -0.4 is 5.32 Å². The molecule has 1 aliphatic rings. The van der Waals surface area contributed by atoms with Crippen LogP contribution in [0.25, 0.3) is 10.1 Å². The number of nitrogens with zero attached hydrogens (tertiary/aromatic N) is 1. The van der Waals surface area contributed by atoms with Gasteiger partial charge in [-0.25, -0.2) is 4.79 Å². The summed E-state index contributed by atoms with van der Waals surface area (Å²) < 4.78 is 1.36. The van der Waals surface area contributed by atoms with Gasteiger partial charge in [0, 0.05) is 28.9 Å². The van der Waals surface area contributed by atoms with Gasteiger partial charge in [0.1, 0.15) is 0 Å². The summed E-state index contributed by atoms with van der Waals surface area (Å²) >= 11 is 1.86. The number of amides is 2. The highest BCUT2D eigenvalue weighted by Crippen LogP contribution is 2.46. The zero-order chi connectivity index (χ0) is 27.1. The number of hydrogen-bond donors (Lipinski definition) is 1. The molecule has 0 bridgehead atoms. The zero-order valence-corrected chi connectivity index (χ0v) is 25.1. The van der Waals surface area contributed by atoms with Crippen molar-refractivity contribution in [3.8, 4) is 0 Å². The van der Waals surface area contributed by atoms with Crippen LogP contribution >= 0.6 is 11.3 Å². The Labute approximate surface area is 235 Å². The fourth-order valence-electron chi connectivity index (χ4n) is 6.36. The van der Waals surface area contributed by atoms with Gasteiger partial charge in [-0.1, -0.05) is 110 Å². The molecule has 3 nitrogen and oxygen atoms in total. The molecule has 206 valence electrons. The van der Waals surface area contributed by atoms with Gasteiger partial charge >= 0.3 is 6.03 Å². The first-order chi connectivity index (χ1) is 18.4. The Morgan fingerprint density at radius 1 is 0.921 bits per heavy atom. The summed E-state index contributed by atoms with van der Waals surface area (Å²) in [4.78, 5) is 16.3. The predicted molar refractivity (Wildman–Crippen MR) is 166 cm³/mol. The molecule has 0 atom stereocenters. The topological polar surface area (TPSA) is 32.3 Å². The van der Waals surface area contributed by atoms with E-state index in [9.17, 15) is 4.79 Å². The molecule has 0 unspecified atom stereocenters. The van der Waals surface area contributed by atoms with Crippen molar-refractivity contribution >= 4 is 33.1 Å². The maximum atomic E-state index is 14.2. The van der Waals surface area contributed by atoms with Gasteiger partial charge in [0.25, 0.3) is 0 Å². The summed E-state index contributed by atoms with van der Waals surface area (Å²) in [5.74, 6) is 0.703. The average molecular weight is 533 g/mol. The van der Waals surface area contributed by atoms with E-state index in [4.69, 9.17) is 0 Å². The van der Waals surface area contributed by atoms with E-state index in [-0.39, 0.29) is 11.4 Å². The normalized spacial score (nSPS) is 15.0. The smallest absolute Gasteiger partial charge is 0.321 e. The van der Waals surface area contributed by atoms with Gasteiger partial charge in [0.2, 0.25) is 0 Å². The molecule has 4 heteroatoms. The first-order valence-electron chi connectivity index (χ1n) is 15.0. The molecule has 0 radical (unpaired) electrons. The third-order valence-electron chi connectivity index (χ3n) is 8.53. The summed E-state index contributed by atoms with van der Waals surface area (Å²) in [6.07, 6.45) is 10.8. The molecule has 1 heterocycles. The van der Waals surface area contributed by atoms with Crippen LogP contribution in [-0.4, -0.2) is 24.0 Å². The maximum Gasteiger partial charge on any atom is 0.321 e. The third-order valence-corrected chi connectivity index (χ3v) is 9.49. The van der Waals surface area contributed by atoms with E-state index < -0.39 is 0 Å². The lowest BCUT2D eigenvalue weighted by Crippen LogP contribution is -2.45. The van der Waals surface area contributed by atoms with Crippen molar-refractivity contribution in [3.63, 3.8) is 0 Å². The largest absolute Gasteiger partial charge is 0.324 e. The Balaban J connectivity index is 1.65. The van der Waals surface area contributed by atoms with Gasteiger partial charge < -0.3 is 10.2 Å². The lowest BCUT2D eigenvalue weighted by atomic mass is 9.78. The van der Waals surface area contributed by atoms with Gasteiger partial charge in [0.05, 0.1) is 0 Å². The van der Waals surface area contributed by atoms with Crippen LogP contribution in [0.3, 0.4) is 0 Å². The highest BCUT2D eigenvalue weighted by molar-refractivity contribution is 7.17. The number of para-hydroxylation sites is 1. The molecule has 38 heavy (non-hydrogen) atoms. The molecular formula is C34H48N2OS. The molecule has 1 fully saturated rings. The van der Waals surface area contributed by atoms with E-state index in [0.717, 1.165) is 38.0 Å². The lowest BCUT2D eigenvalue weighted by Gasteiger charge is -2.36. The third kappa shape index (κ3) is 6.45. The Hall–Kier alpha value is -2.33. The number of carbonyl (C=O) groups is 1. The van der Waals surface area contributed by atoms with Gasteiger partial charge in [-0.05, 0) is 64.6 Å². The van der Waals surface area contributed by atoms with Gasteiger partial charge in [-0.3, -0.25) is 0 Å². The van der Waals surface area contributed by atoms with Crippen molar-refractivity contribution in [2.75, 3.05) is 18.4 Å². The van der Waals surface area contributed by atoms with Crippen LogP contribution in [0.5, 0.6) is 0 Å². The molecule has 0 spiro atoms. The molecule has 1 N–H and O–H groups in total. The van der Waals surface area contributed by atoms with Crippen LogP contribution in [0.2, 0.25) is 0 Å². The molecule has 2 aromatic carbocycles. The summed E-state index contributed by atoms with van der Waals surface area (Å²) in [5.41, 5.74) is 4.99. The molecule has 3 aromatic rings. The second kappa shape index (κ2) is 13.2. The van der Waals surface area contributed by atoms with Crippen molar-refractivity contribution in [3.05, 3.63) is 64.5 Å². The summed E-state index contributed by atoms with van der Waals surface area (Å²) in [7, 11) is 0. The van der Waals surface area contributed by atoms with Crippen LogP contribution in [0.15, 0.2) is 47.8 Å². The van der Waals surface area contributed by atoms with Crippen molar-refractivity contribution < 1.29 is 4.79 Å². The minimum atomic E-state index is 0.0405. The van der Waals surface area contributed by atoms with Crippen molar-refractivity contribution in [2.24, 2.45) is 0 Å². The van der Waals surface area contributed by atoms with Crippen LogP contribution in [0, 0.1) is 0 Å². The Morgan fingerprint density at radius 3 is 2.24 bits per heavy atom. The number of rotatable bonds is 12. The predicted octanol–water partition coefficient (Wildman–Crippen LogP) is 10.5. The minimum Gasteiger partial charge on any atom is -0.324 e. The van der Waals surface area contributed by atoms with Gasteiger partial charge in [0.15, 0.2) is 0 Å². The fourth-order valence-corrected chi connectivity index (χ4v) is 7.44. The van der Waals surface area contributed by atoms with E-state index in [1.165, 1.54) is 65.3 Å². The maximum absolute atomic E-state index is 14.2. The fraction of sp³-hybridized carbons (Fsp3) is 0.559. The number of hydrogen-bond acceptors (Lipinski definition) is 2. The highest BCUT2D eigenvalue weighted by atomic mass is 32.1. The summed E-state index contributed by atoms with van der Waals surface area (Å²) in [6.45, 7) is 12.7. The molecular weight excluding hydrogens is 484 g/mol. The average Bonchev–Trinajstić information content (AvgIpc) is 3.55. The Morgan fingerprint density at radius 2 is 1.58 bits per heavy atom. The summed E-state index contributed by atoms with van der Waals surface area (Å²) in [5, 5.41) is 7.23. The van der Waals surface area contributed by atoms with Crippen LogP contribution in [-0.2, 0) is 5.41 Å². The standard InChI is InChI=1S/C34H48N2OS/c1-6-7-8-9-14-22-36(33(37)35-32-27(25(2)3)17-15-18-28(32)26(4)5)24-34(20-12-13-21-34)30-23-38-31-19-11-10-16-29(30)31/h10-11,15-19,23,25-26H,6-9,12-14,20-22,24H2,1-5H3,(H,35,37). The highest BCUT2D eigenvalue weighted by Gasteiger charge is 2.40. The number of benzene rings is 2. The molecule has 0 aliphatic heterocycles. The van der Waals surface area contributed by atoms with Gasteiger partial charge in [-0.15, -0.1) is 11.3 Å². The molecule has 2 amide bonds. The minimum absolute atomic E-state index is 0.0405. The summed E-state index contributed by atoms with van der Waals surface area (Å²) in [6, 6.07) is 15.4. The van der Waals surface area contributed by atoms with Crippen molar-refractivity contribution in [1.82, 2.24) is 4.90 Å². The number of urea groups is 1. The molecule has 4 rings (SSSR count). The monoisotopic (exact) mass is 532 g/mol. The number of thiophene rings is 1. The second-order valence-corrected chi connectivity index (χ2v) is 12.9.